The largest absolute Gasteiger partial charge is 0.487 e. The number of hydrogen-bond acceptors (Lipinski definition) is 3. The molecule has 1 aliphatic rings. The van der Waals surface area contributed by atoms with Crippen LogP contribution in [0.5, 0.6) is 5.75 Å². The maximum absolute atomic E-state index is 13.0. The zero-order valence-corrected chi connectivity index (χ0v) is 18.3. The molecule has 1 N–H and O–H groups in total. The first-order valence-corrected chi connectivity index (χ1v) is 10.1. The van der Waals surface area contributed by atoms with Gasteiger partial charge in [0.15, 0.2) is 5.11 Å². The standard InChI is InChI=1S/C19H15Br2FN2O2S/c1-2-24-18(25)16(23-19(24)27)9-12-7-14(20)17(15(21)8-12)26-10-11-3-5-13(22)6-4-11/h3-9H,2,10H2,1H3,(H,23,27). The lowest BCUT2D eigenvalue weighted by Crippen LogP contribution is -2.30. The Labute approximate surface area is 178 Å². The fourth-order valence-electron chi connectivity index (χ4n) is 2.56. The quantitative estimate of drug-likeness (QED) is 0.451. The van der Waals surface area contributed by atoms with Crippen molar-refractivity contribution in [1.82, 2.24) is 10.2 Å². The predicted molar refractivity (Wildman–Crippen MR) is 114 cm³/mol. The number of rotatable bonds is 5. The van der Waals surface area contributed by atoms with Gasteiger partial charge in [-0.1, -0.05) is 12.1 Å². The van der Waals surface area contributed by atoms with Gasteiger partial charge in [0.25, 0.3) is 5.91 Å². The molecule has 1 amide bonds. The van der Waals surface area contributed by atoms with Gasteiger partial charge in [-0.25, -0.2) is 4.39 Å². The van der Waals surface area contributed by atoms with Gasteiger partial charge in [-0.05, 0) is 92.5 Å². The summed E-state index contributed by atoms with van der Waals surface area (Å²) in [6, 6.07) is 9.85. The van der Waals surface area contributed by atoms with E-state index in [1.807, 2.05) is 19.1 Å². The topological polar surface area (TPSA) is 41.6 Å². The Morgan fingerprint density at radius 2 is 1.85 bits per heavy atom. The molecule has 8 heteroatoms. The number of ether oxygens (including phenoxy) is 1. The third-order valence-corrected chi connectivity index (χ3v) is 5.41. The number of amides is 1. The minimum atomic E-state index is -0.283. The number of likely N-dealkylation sites (N-methyl/N-ethyl adjacent to an activating group) is 1. The third-order valence-electron chi connectivity index (χ3n) is 3.91. The van der Waals surface area contributed by atoms with Gasteiger partial charge in [0.05, 0.1) is 8.95 Å². The van der Waals surface area contributed by atoms with Crippen LogP contribution >= 0.6 is 44.1 Å². The van der Waals surface area contributed by atoms with E-state index in [9.17, 15) is 9.18 Å². The lowest BCUT2D eigenvalue weighted by Gasteiger charge is -2.12. The molecule has 0 saturated carbocycles. The smallest absolute Gasteiger partial charge is 0.276 e. The normalized spacial score (nSPS) is 15.4. The van der Waals surface area contributed by atoms with Crippen molar-refractivity contribution in [2.24, 2.45) is 0 Å². The lowest BCUT2D eigenvalue weighted by atomic mass is 10.2. The number of carbonyl (C=O) groups is 1. The van der Waals surface area contributed by atoms with E-state index in [1.54, 1.807) is 18.2 Å². The molecule has 0 unspecified atom stereocenters. The van der Waals surface area contributed by atoms with Crippen molar-refractivity contribution in [2.45, 2.75) is 13.5 Å². The first-order valence-electron chi connectivity index (χ1n) is 8.10. The molecule has 140 valence electrons. The molecule has 0 bridgehead atoms. The van der Waals surface area contributed by atoms with Crippen LogP contribution in [0.25, 0.3) is 6.08 Å². The summed E-state index contributed by atoms with van der Waals surface area (Å²) in [6.45, 7) is 2.69. The summed E-state index contributed by atoms with van der Waals surface area (Å²) in [5.74, 6) is 0.193. The number of nitrogens with zero attached hydrogens (tertiary/aromatic N) is 1. The molecular formula is C19H15Br2FN2O2S. The summed E-state index contributed by atoms with van der Waals surface area (Å²) >= 11 is 12.2. The summed E-state index contributed by atoms with van der Waals surface area (Å²) < 4.78 is 20.3. The molecule has 0 aromatic heterocycles. The van der Waals surface area contributed by atoms with Crippen molar-refractivity contribution in [3.63, 3.8) is 0 Å². The molecule has 27 heavy (non-hydrogen) atoms. The number of benzene rings is 2. The van der Waals surface area contributed by atoms with Gasteiger partial charge in [-0.3, -0.25) is 9.69 Å². The van der Waals surface area contributed by atoms with Crippen molar-refractivity contribution < 1.29 is 13.9 Å². The fraction of sp³-hybridized carbons (Fsp3) is 0.158. The van der Waals surface area contributed by atoms with Gasteiger partial charge in [0.2, 0.25) is 0 Å². The molecule has 1 heterocycles. The molecule has 3 rings (SSSR count). The Bertz CT molecular complexity index is 909. The van der Waals surface area contributed by atoms with E-state index in [4.69, 9.17) is 17.0 Å². The van der Waals surface area contributed by atoms with Crippen molar-refractivity contribution in [2.75, 3.05) is 6.54 Å². The highest BCUT2D eigenvalue weighted by molar-refractivity contribution is 9.11. The maximum Gasteiger partial charge on any atom is 0.276 e. The van der Waals surface area contributed by atoms with Gasteiger partial charge >= 0.3 is 0 Å². The summed E-state index contributed by atoms with van der Waals surface area (Å²) in [6.07, 6.45) is 1.74. The highest BCUT2D eigenvalue weighted by Crippen LogP contribution is 2.36. The second-order valence-electron chi connectivity index (χ2n) is 5.77. The zero-order valence-electron chi connectivity index (χ0n) is 14.3. The molecule has 2 aromatic rings. The van der Waals surface area contributed by atoms with E-state index in [0.29, 0.717) is 29.7 Å². The Morgan fingerprint density at radius 1 is 1.22 bits per heavy atom. The van der Waals surface area contributed by atoms with Crippen LogP contribution in [0.1, 0.15) is 18.1 Å². The van der Waals surface area contributed by atoms with E-state index in [1.165, 1.54) is 17.0 Å². The van der Waals surface area contributed by atoms with E-state index < -0.39 is 0 Å². The molecule has 0 radical (unpaired) electrons. The minimum absolute atomic E-state index is 0.147. The molecule has 1 saturated heterocycles. The van der Waals surface area contributed by atoms with Crippen molar-refractivity contribution in [1.29, 1.82) is 0 Å². The first-order chi connectivity index (χ1) is 12.9. The molecule has 1 aliphatic heterocycles. The summed E-state index contributed by atoms with van der Waals surface area (Å²) in [5, 5.41) is 3.34. The lowest BCUT2D eigenvalue weighted by molar-refractivity contribution is -0.122. The second kappa shape index (κ2) is 8.50. The Morgan fingerprint density at radius 3 is 2.41 bits per heavy atom. The SMILES string of the molecule is CCN1C(=O)C(=Cc2cc(Br)c(OCc3ccc(F)cc3)c(Br)c2)NC1=S. The van der Waals surface area contributed by atoms with Crippen LogP contribution in [0.2, 0.25) is 0 Å². The molecule has 0 atom stereocenters. The van der Waals surface area contributed by atoms with Crippen LogP contribution in [0.3, 0.4) is 0 Å². The van der Waals surface area contributed by atoms with E-state index in [-0.39, 0.29) is 11.7 Å². The Balaban J connectivity index is 1.79. The summed E-state index contributed by atoms with van der Waals surface area (Å²) in [7, 11) is 0. The summed E-state index contributed by atoms with van der Waals surface area (Å²) in [5.41, 5.74) is 2.09. The van der Waals surface area contributed by atoms with Gasteiger partial charge in [-0.15, -0.1) is 0 Å². The maximum atomic E-state index is 13.0. The van der Waals surface area contributed by atoms with Gasteiger partial charge in [-0.2, -0.15) is 0 Å². The van der Waals surface area contributed by atoms with E-state index >= 15 is 0 Å². The first kappa shape index (κ1) is 20.0. The van der Waals surface area contributed by atoms with Gasteiger partial charge in [0, 0.05) is 6.54 Å². The Hall–Kier alpha value is -1.77. The number of carbonyl (C=O) groups excluding carboxylic acids is 1. The predicted octanol–water partition coefficient (Wildman–Crippen LogP) is 5.01. The van der Waals surface area contributed by atoms with Crippen molar-refractivity contribution in [3.8, 4) is 5.75 Å². The van der Waals surface area contributed by atoms with Gasteiger partial charge < -0.3 is 10.1 Å². The van der Waals surface area contributed by atoms with Crippen LogP contribution in [0.4, 0.5) is 4.39 Å². The molecule has 2 aromatic carbocycles. The van der Waals surface area contributed by atoms with E-state index in [2.05, 4.69) is 37.2 Å². The molecule has 1 fully saturated rings. The third kappa shape index (κ3) is 4.56. The number of thiocarbonyl (C=S) groups is 1. The fourth-order valence-corrected chi connectivity index (χ4v) is 4.34. The van der Waals surface area contributed by atoms with Crippen LogP contribution < -0.4 is 10.1 Å². The second-order valence-corrected chi connectivity index (χ2v) is 7.86. The number of nitrogens with one attached hydrogen (secondary N) is 1. The number of hydrogen-bond donors (Lipinski definition) is 1. The highest BCUT2D eigenvalue weighted by atomic mass is 79.9. The highest BCUT2D eigenvalue weighted by Gasteiger charge is 2.29. The average molecular weight is 514 g/mol. The monoisotopic (exact) mass is 512 g/mol. The Kier molecular flexibility index (Phi) is 6.29. The average Bonchev–Trinajstić information content (AvgIpc) is 2.88. The minimum Gasteiger partial charge on any atom is -0.487 e. The van der Waals surface area contributed by atoms with Crippen molar-refractivity contribution >= 4 is 61.2 Å². The molecule has 0 aliphatic carbocycles. The van der Waals surface area contributed by atoms with Crippen LogP contribution in [0.15, 0.2) is 51.0 Å². The van der Waals surface area contributed by atoms with Crippen molar-refractivity contribution in [3.05, 3.63) is 68.0 Å². The van der Waals surface area contributed by atoms with Crippen LogP contribution in [-0.4, -0.2) is 22.5 Å². The van der Waals surface area contributed by atoms with Gasteiger partial charge in [0.1, 0.15) is 23.9 Å². The zero-order chi connectivity index (χ0) is 19.6. The van der Waals surface area contributed by atoms with Crippen LogP contribution in [0, 0.1) is 5.82 Å². The number of halogens is 3. The molecule has 0 spiro atoms. The molecule has 4 nitrogen and oxygen atoms in total. The summed E-state index contributed by atoms with van der Waals surface area (Å²) in [4.78, 5) is 13.8. The van der Waals surface area contributed by atoms with Crippen LogP contribution in [-0.2, 0) is 11.4 Å². The molecular weight excluding hydrogens is 499 g/mol. The van der Waals surface area contributed by atoms with E-state index in [0.717, 1.165) is 20.1 Å².